The van der Waals surface area contributed by atoms with E-state index in [1.807, 2.05) is 19.0 Å². The minimum absolute atomic E-state index is 0.190. The minimum Gasteiger partial charge on any atom is -0.481 e. The van der Waals surface area contributed by atoms with Crippen molar-refractivity contribution < 1.29 is 19.8 Å². The molecule has 0 saturated heterocycles. The van der Waals surface area contributed by atoms with Crippen LogP contribution in [-0.4, -0.2) is 60.8 Å². The first-order valence-electron chi connectivity index (χ1n) is 4.73. The van der Waals surface area contributed by atoms with Crippen molar-refractivity contribution in [2.24, 2.45) is 5.92 Å². The van der Waals surface area contributed by atoms with E-state index in [0.29, 0.717) is 6.54 Å². The summed E-state index contributed by atoms with van der Waals surface area (Å²) in [5, 5.41) is 20.1. The van der Waals surface area contributed by atoms with E-state index in [2.05, 4.69) is 5.32 Å². The van der Waals surface area contributed by atoms with Gasteiger partial charge in [-0.25, -0.2) is 0 Å². The predicted octanol–water partition coefficient (Wildman–Crippen LogP) is -0.687. The number of hydrogen-bond donors (Lipinski definition) is 3. The van der Waals surface area contributed by atoms with Gasteiger partial charge < -0.3 is 20.4 Å². The summed E-state index contributed by atoms with van der Waals surface area (Å²) < 4.78 is 0. The average molecular weight is 218 g/mol. The highest BCUT2D eigenvalue weighted by atomic mass is 16.4. The molecule has 0 aromatic carbocycles. The van der Waals surface area contributed by atoms with Crippen LogP contribution in [0.3, 0.4) is 0 Å². The lowest BCUT2D eigenvalue weighted by Gasteiger charge is -2.13. The Kier molecular flexibility index (Phi) is 6.64. The molecule has 0 amide bonds. The quantitative estimate of drug-likeness (QED) is 0.467. The van der Waals surface area contributed by atoms with E-state index in [1.54, 1.807) is 0 Å². The molecule has 0 rings (SSSR count). The molecule has 0 saturated carbocycles. The Labute approximate surface area is 88.9 Å². The standard InChI is InChI=1S/C9H18N2O4/c1-11(2)4-3-10-6-7(9(14)15)5-8(12)13/h7,10H,3-6H2,1-2H3,(H,12,13)(H,14,15). The van der Waals surface area contributed by atoms with Crippen LogP contribution in [-0.2, 0) is 9.59 Å². The van der Waals surface area contributed by atoms with Crippen LogP contribution in [0.4, 0.5) is 0 Å². The Morgan fingerprint density at radius 2 is 1.93 bits per heavy atom. The summed E-state index contributed by atoms with van der Waals surface area (Å²) >= 11 is 0. The fraction of sp³-hybridized carbons (Fsp3) is 0.778. The number of rotatable bonds is 8. The van der Waals surface area contributed by atoms with Gasteiger partial charge in [0.1, 0.15) is 0 Å². The molecule has 0 aromatic rings. The Hall–Kier alpha value is -1.14. The number of nitrogens with zero attached hydrogens (tertiary/aromatic N) is 1. The van der Waals surface area contributed by atoms with Crippen molar-refractivity contribution in [2.45, 2.75) is 6.42 Å². The summed E-state index contributed by atoms with van der Waals surface area (Å²) in [6.45, 7) is 1.63. The zero-order valence-electron chi connectivity index (χ0n) is 9.06. The number of likely N-dealkylation sites (N-methyl/N-ethyl adjacent to an activating group) is 1. The van der Waals surface area contributed by atoms with E-state index in [4.69, 9.17) is 10.2 Å². The van der Waals surface area contributed by atoms with Crippen LogP contribution in [0, 0.1) is 5.92 Å². The molecule has 0 fully saturated rings. The lowest BCUT2D eigenvalue weighted by Crippen LogP contribution is -2.34. The predicted molar refractivity (Wildman–Crippen MR) is 54.8 cm³/mol. The molecule has 0 aliphatic heterocycles. The van der Waals surface area contributed by atoms with Crippen LogP contribution in [0.1, 0.15) is 6.42 Å². The lowest BCUT2D eigenvalue weighted by molar-refractivity contribution is -0.148. The largest absolute Gasteiger partial charge is 0.481 e. The summed E-state index contributed by atoms with van der Waals surface area (Å²) in [7, 11) is 3.82. The van der Waals surface area contributed by atoms with Gasteiger partial charge in [0.05, 0.1) is 12.3 Å². The first-order chi connectivity index (χ1) is 6.93. The molecule has 0 aromatic heterocycles. The van der Waals surface area contributed by atoms with Crippen LogP contribution < -0.4 is 5.32 Å². The second kappa shape index (κ2) is 7.19. The van der Waals surface area contributed by atoms with Crippen molar-refractivity contribution >= 4 is 11.9 Å². The van der Waals surface area contributed by atoms with E-state index < -0.39 is 17.9 Å². The topological polar surface area (TPSA) is 89.9 Å². The molecule has 0 heterocycles. The first kappa shape index (κ1) is 13.9. The summed E-state index contributed by atoms with van der Waals surface area (Å²) in [5.41, 5.74) is 0. The monoisotopic (exact) mass is 218 g/mol. The SMILES string of the molecule is CN(C)CCNCC(CC(=O)O)C(=O)O. The minimum atomic E-state index is -1.09. The highest BCUT2D eigenvalue weighted by molar-refractivity contribution is 5.77. The zero-order chi connectivity index (χ0) is 11.8. The van der Waals surface area contributed by atoms with Crippen LogP contribution >= 0.6 is 0 Å². The van der Waals surface area contributed by atoms with E-state index in [1.165, 1.54) is 0 Å². The van der Waals surface area contributed by atoms with Gasteiger partial charge in [0.15, 0.2) is 0 Å². The van der Waals surface area contributed by atoms with Gasteiger partial charge in [-0.05, 0) is 14.1 Å². The summed E-state index contributed by atoms with van der Waals surface area (Å²) in [4.78, 5) is 23.0. The maximum atomic E-state index is 10.6. The molecule has 0 spiro atoms. The summed E-state index contributed by atoms with van der Waals surface area (Å²) in [6, 6.07) is 0. The molecule has 0 aliphatic carbocycles. The van der Waals surface area contributed by atoms with Crippen LogP contribution in [0.25, 0.3) is 0 Å². The Morgan fingerprint density at radius 3 is 2.33 bits per heavy atom. The van der Waals surface area contributed by atoms with E-state index >= 15 is 0 Å². The number of carboxylic acids is 2. The van der Waals surface area contributed by atoms with Crippen molar-refractivity contribution in [3.63, 3.8) is 0 Å². The molecular weight excluding hydrogens is 200 g/mol. The Morgan fingerprint density at radius 1 is 1.33 bits per heavy atom. The van der Waals surface area contributed by atoms with Crippen molar-refractivity contribution in [2.75, 3.05) is 33.7 Å². The molecule has 0 aliphatic rings. The van der Waals surface area contributed by atoms with Crippen molar-refractivity contribution in [3.8, 4) is 0 Å². The smallest absolute Gasteiger partial charge is 0.308 e. The fourth-order valence-corrected chi connectivity index (χ4v) is 1.04. The lowest BCUT2D eigenvalue weighted by atomic mass is 10.1. The van der Waals surface area contributed by atoms with Gasteiger partial charge in [-0.15, -0.1) is 0 Å². The van der Waals surface area contributed by atoms with Gasteiger partial charge in [-0.1, -0.05) is 0 Å². The normalized spacial score (nSPS) is 12.7. The van der Waals surface area contributed by atoms with Gasteiger partial charge in [-0.3, -0.25) is 9.59 Å². The fourth-order valence-electron chi connectivity index (χ4n) is 1.04. The van der Waals surface area contributed by atoms with Crippen LogP contribution in [0.5, 0.6) is 0 Å². The maximum absolute atomic E-state index is 10.6. The van der Waals surface area contributed by atoms with Crippen molar-refractivity contribution in [3.05, 3.63) is 0 Å². The molecule has 88 valence electrons. The van der Waals surface area contributed by atoms with Gasteiger partial charge in [0, 0.05) is 19.6 Å². The molecule has 6 nitrogen and oxygen atoms in total. The molecule has 3 N–H and O–H groups in total. The second-order valence-electron chi connectivity index (χ2n) is 3.64. The number of carboxylic acid groups (broad SMARTS) is 2. The molecule has 0 bridgehead atoms. The Bertz CT molecular complexity index is 218. The molecule has 1 unspecified atom stereocenters. The van der Waals surface area contributed by atoms with Crippen LogP contribution in [0.15, 0.2) is 0 Å². The maximum Gasteiger partial charge on any atom is 0.308 e. The third-order valence-corrected chi connectivity index (χ3v) is 1.90. The number of aliphatic carboxylic acids is 2. The molecule has 15 heavy (non-hydrogen) atoms. The van der Waals surface area contributed by atoms with E-state index in [-0.39, 0.29) is 13.0 Å². The average Bonchev–Trinajstić information content (AvgIpc) is 2.08. The van der Waals surface area contributed by atoms with Gasteiger partial charge in [-0.2, -0.15) is 0 Å². The number of nitrogens with one attached hydrogen (secondary N) is 1. The Balaban J connectivity index is 3.77. The highest BCUT2D eigenvalue weighted by Gasteiger charge is 2.20. The third-order valence-electron chi connectivity index (χ3n) is 1.90. The number of hydrogen-bond acceptors (Lipinski definition) is 4. The van der Waals surface area contributed by atoms with Gasteiger partial charge in [0.2, 0.25) is 0 Å². The zero-order valence-corrected chi connectivity index (χ0v) is 9.06. The second-order valence-corrected chi connectivity index (χ2v) is 3.64. The van der Waals surface area contributed by atoms with Crippen LogP contribution in [0.2, 0.25) is 0 Å². The first-order valence-corrected chi connectivity index (χ1v) is 4.73. The molecule has 1 atom stereocenters. The van der Waals surface area contributed by atoms with Crippen molar-refractivity contribution in [1.29, 1.82) is 0 Å². The van der Waals surface area contributed by atoms with E-state index in [9.17, 15) is 9.59 Å². The van der Waals surface area contributed by atoms with E-state index in [0.717, 1.165) is 6.54 Å². The van der Waals surface area contributed by atoms with Gasteiger partial charge in [0.25, 0.3) is 0 Å². The van der Waals surface area contributed by atoms with Gasteiger partial charge >= 0.3 is 11.9 Å². The highest BCUT2D eigenvalue weighted by Crippen LogP contribution is 2.01. The summed E-state index contributed by atoms with van der Waals surface area (Å²) in [5.74, 6) is -3.02. The molecule has 6 heteroatoms. The summed E-state index contributed by atoms with van der Waals surface area (Å²) in [6.07, 6.45) is -0.343. The van der Waals surface area contributed by atoms with Crippen molar-refractivity contribution in [1.82, 2.24) is 10.2 Å². The molecular formula is C9H18N2O4. The molecule has 0 radical (unpaired) electrons. The number of carbonyl (C=O) groups is 2. The third kappa shape index (κ3) is 7.90.